The van der Waals surface area contributed by atoms with Gasteiger partial charge in [0.05, 0.1) is 6.07 Å². The minimum absolute atomic E-state index is 0.976. The zero-order chi connectivity index (χ0) is 12.8. The minimum Gasteiger partial charge on any atom is -0.299 e. The molecule has 0 aromatic carbocycles. The minimum atomic E-state index is 0.976. The van der Waals surface area contributed by atoms with E-state index in [1.165, 1.54) is 32.2 Å². The lowest BCUT2D eigenvalue weighted by Crippen LogP contribution is -2.49. The van der Waals surface area contributed by atoms with E-state index in [4.69, 9.17) is 5.26 Å². The summed E-state index contributed by atoms with van der Waals surface area (Å²) in [6.45, 7) is 3.44. The Morgan fingerprint density at radius 1 is 1.11 bits per heavy atom. The van der Waals surface area contributed by atoms with Gasteiger partial charge in [-0.3, -0.25) is 4.90 Å². The van der Waals surface area contributed by atoms with Crippen LogP contribution in [0.2, 0.25) is 0 Å². The zero-order valence-electron chi connectivity index (χ0n) is 11.7. The van der Waals surface area contributed by atoms with E-state index >= 15 is 0 Å². The van der Waals surface area contributed by atoms with Crippen LogP contribution in [-0.4, -0.2) is 24.5 Å². The summed E-state index contributed by atoms with van der Waals surface area (Å²) in [5.41, 5.74) is 1.00. The van der Waals surface area contributed by atoms with Crippen molar-refractivity contribution in [2.24, 2.45) is 29.6 Å². The van der Waals surface area contributed by atoms with Crippen LogP contribution in [0.25, 0.3) is 0 Å². The van der Waals surface area contributed by atoms with Crippen LogP contribution < -0.4 is 0 Å². The molecule has 4 saturated carbocycles. The lowest BCUT2D eigenvalue weighted by molar-refractivity contribution is -0.0482. The average Bonchev–Trinajstić information content (AvgIpc) is 2.43. The molecule has 4 aliphatic carbocycles. The van der Waals surface area contributed by atoms with Gasteiger partial charge in [0.1, 0.15) is 0 Å². The summed E-state index contributed by atoms with van der Waals surface area (Å²) in [6, 6.07) is 2.31. The molecule has 2 heteroatoms. The molecule has 5 aliphatic rings. The van der Waals surface area contributed by atoms with Gasteiger partial charge >= 0.3 is 0 Å². The molecule has 0 radical (unpaired) electrons. The Kier molecular flexibility index (Phi) is 2.92. The molecule has 0 N–H and O–H groups in total. The smallest absolute Gasteiger partial charge is 0.0944 e. The highest BCUT2D eigenvalue weighted by atomic mass is 15.1. The van der Waals surface area contributed by atoms with Gasteiger partial charge in [0.2, 0.25) is 0 Å². The highest BCUT2D eigenvalue weighted by Crippen LogP contribution is 2.56. The molecule has 1 heterocycles. The van der Waals surface area contributed by atoms with Crippen molar-refractivity contribution in [1.29, 1.82) is 5.26 Å². The fourth-order valence-corrected chi connectivity index (χ4v) is 5.61. The van der Waals surface area contributed by atoms with E-state index < -0.39 is 0 Å². The third-order valence-corrected chi connectivity index (χ3v) is 6.33. The standard InChI is InChI=1S/C17H24N2/c18-10-12-1-3-19(4-2-12)11-17-15-6-13-5-14(8-15)9-16(17)7-13/h1,13-17H,2-9,11H2. The molecule has 0 saturated heterocycles. The first-order valence-corrected chi connectivity index (χ1v) is 8.13. The summed E-state index contributed by atoms with van der Waals surface area (Å²) in [5, 5.41) is 8.93. The monoisotopic (exact) mass is 256 g/mol. The van der Waals surface area contributed by atoms with Crippen molar-refractivity contribution in [2.45, 2.75) is 38.5 Å². The maximum atomic E-state index is 8.93. The van der Waals surface area contributed by atoms with E-state index in [0.717, 1.165) is 54.7 Å². The number of nitrogens with zero attached hydrogens (tertiary/aromatic N) is 2. The predicted molar refractivity (Wildman–Crippen MR) is 75.3 cm³/mol. The topological polar surface area (TPSA) is 27.0 Å². The van der Waals surface area contributed by atoms with Gasteiger partial charge in [0.15, 0.2) is 0 Å². The van der Waals surface area contributed by atoms with Crippen LogP contribution in [0.1, 0.15) is 38.5 Å². The molecule has 5 rings (SSSR count). The molecule has 1 aliphatic heterocycles. The Hall–Kier alpha value is -0.810. The quantitative estimate of drug-likeness (QED) is 0.758. The van der Waals surface area contributed by atoms with Crippen LogP contribution in [0.15, 0.2) is 11.6 Å². The summed E-state index contributed by atoms with van der Waals surface area (Å²) in [4.78, 5) is 2.60. The van der Waals surface area contributed by atoms with E-state index in [1.807, 2.05) is 0 Å². The van der Waals surface area contributed by atoms with Crippen molar-refractivity contribution in [3.63, 3.8) is 0 Å². The molecule has 0 spiro atoms. The van der Waals surface area contributed by atoms with Gasteiger partial charge in [-0.2, -0.15) is 5.26 Å². The van der Waals surface area contributed by atoms with Crippen molar-refractivity contribution in [3.05, 3.63) is 11.6 Å². The third-order valence-electron chi connectivity index (χ3n) is 6.33. The zero-order valence-corrected chi connectivity index (χ0v) is 11.7. The second kappa shape index (κ2) is 4.63. The molecule has 2 nitrogen and oxygen atoms in total. The van der Waals surface area contributed by atoms with Crippen LogP contribution in [0, 0.1) is 40.9 Å². The van der Waals surface area contributed by atoms with Crippen molar-refractivity contribution >= 4 is 0 Å². The number of hydrogen-bond donors (Lipinski definition) is 0. The maximum Gasteiger partial charge on any atom is 0.0944 e. The van der Waals surface area contributed by atoms with E-state index in [1.54, 1.807) is 6.42 Å². The Bertz CT molecular complexity index is 403. The van der Waals surface area contributed by atoms with E-state index in [9.17, 15) is 0 Å². The van der Waals surface area contributed by atoms with E-state index in [-0.39, 0.29) is 0 Å². The molecule has 0 aromatic heterocycles. The van der Waals surface area contributed by atoms with Gasteiger partial charge in [0.25, 0.3) is 0 Å². The van der Waals surface area contributed by atoms with Gasteiger partial charge in [-0.15, -0.1) is 0 Å². The fourth-order valence-electron chi connectivity index (χ4n) is 5.61. The molecular weight excluding hydrogens is 232 g/mol. The fraction of sp³-hybridized carbons (Fsp3) is 0.824. The average molecular weight is 256 g/mol. The third kappa shape index (κ3) is 2.13. The summed E-state index contributed by atoms with van der Waals surface area (Å²) >= 11 is 0. The summed E-state index contributed by atoms with van der Waals surface area (Å²) in [7, 11) is 0. The first-order valence-electron chi connectivity index (χ1n) is 8.13. The molecular formula is C17H24N2. The second-order valence-corrected chi connectivity index (χ2v) is 7.45. The summed E-state index contributed by atoms with van der Waals surface area (Å²) in [6.07, 6.45) is 10.8. The lowest BCUT2D eigenvalue weighted by atomic mass is 9.52. The lowest BCUT2D eigenvalue weighted by Gasteiger charge is -2.55. The summed E-state index contributed by atoms with van der Waals surface area (Å²) < 4.78 is 0. The molecule has 0 atom stereocenters. The molecule has 4 fully saturated rings. The molecule has 19 heavy (non-hydrogen) atoms. The SMILES string of the molecule is N#CC1=CCN(CC2C3CC4CC(C3)CC2C4)CC1. The van der Waals surface area contributed by atoms with E-state index in [0.29, 0.717) is 0 Å². The van der Waals surface area contributed by atoms with Crippen molar-refractivity contribution < 1.29 is 0 Å². The molecule has 0 aromatic rings. The van der Waals surface area contributed by atoms with Crippen LogP contribution in [0.3, 0.4) is 0 Å². The van der Waals surface area contributed by atoms with Gasteiger partial charge in [-0.05, 0) is 68.1 Å². The first-order chi connectivity index (χ1) is 9.31. The van der Waals surface area contributed by atoms with Crippen LogP contribution in [0.5, 0.6) is 0 Å². The van der Waals surface area contributed by atoms with E-state index in [2.05, 4.69) is 17.0 Å². The Balaban J connectivity index is 1.41. The number of hydrogen-bond acceptors (Lipinski definition) is 2. The largest absolute Gasteiger partial charge is 0.299 e. The summed E-state index contributed by atoms with van der Waals surface area (Å²) in [5.74, 6) is 5.23. The number of rotatable bonds is 2. The Morgan fingerprint density at radius 3 is 2.32 bits per heavy atom. The predicted octanol–water partition coefficient (Wildman–Crippen LogP) is 3.21. The molecule has 102 valence electrons. The highest BCUT2D eigenvalue weighted by molar-refractivity contribution is 5.23. The van der Waals surface area contributed by atoms with Crippen molar-refractivity contribution in [2.75, 3.05) is 19.6 Å². The Labute approximate surface area is 116 Å². The van der Waals surface area contributed by atoms with Crippen LogP contribution in [-0.2, 0) is 0 Å². The molecule has 0 amide bonds. The highest BCUT2D eigenvalue weighted by Gasteiger charge is 2.48. The first kappa shape index (κ1) is 12.0. The van der Waals surface area contributed by atoms with Crippen LogP contribution in [0.4, 0.5) is 0 Å². The number of nitriles is 1. The van der Waals surface area contributed by atoms with Gasteiger partial charge in [-0.25, -0.2) is 0 Å². The van der Waals surface area contributed by atoms with Crippen molar-refractivity contribution in [1.82, 2.24) is 4.90 Å². The van der Waals surface area contributed by atoms with Gasteiger partial charge in [0, 0.05) is 25.2 Å². The van der Waals surface area contributed by atoms with Gasteiger partial charge < -0.3 is 0 Å². The maximum absolute atomic E-state index is 8.93. The van der Waals surface area contributed by atoms with Gasteiger partial charge in [-0.1, -0.05) is 6.08 Å². The second-order valence-electron chi connectivity index (χ2n) is 7.45. The molecule has 4 bridgehead atoms. The molecule has 0 unspecified atom stereocenters. The normalized spacial score (nSPS) is 45.0. The van der Waals surface area contributed by atoms with Crippen LogP contribution >= 0.6 is 0 Å². The Morgan fingerprint density at radius 2 is 1.79 bits per heavy atom. The van der Waals surface area contributed by atoms with Crippen molar-refractivity contribution in [3.8, 4) is 6.07 Å².